The van der Waals surface area contributed by atoms with Crippen molar-refractivity contribution in [3.63, 3.8) is 0 Å². The first kappa shape index (κ1) is 25.0. The van der Waals surface area contributed by atoms with E-state index in [0.717, 1.165) is 0 Å². The van der Waals surface area contributed by atoms with E-state index in [-0.39, 0.29) is 23.8 Å². The van der Waals surface area contributed by atoms with Crippen molar-refractivity contribution >= 4 is 7.37 Å². The smallest absolute Gasteiger partial charge is 0.197 e. The quantitative estimate of drug-likeness (QED) is 0.239. The zero-order chi connectivity index (χ0) is 22.1. The molecule has 168 valence electrons. The Labute approximate surface area is 178 Å². The van der Waals surface area contributed by atoms with Gasteiger partial charge in [0.2, 0.25) is 0 Å². The van der Waals surface area contributed by atoms with Gasteiger partial charge in [0.05, 0.1) is 18.3 Å². The second-order valence-corrected chi connectivity index (χ2v) is 10.9. The molecule has 6 atom stereocenters. The van der Waals surface area contributed by atoms with E-state index in [2.05, 4.69) is 0 Å². The molecule has 4 N–H and O–H groups in total. The number of halogens is 1. The maximum Gasteiger partial charge on any atom is 0.197 e. The molecule has 5 nitrogen and oxygen atoms in total. The molecule has 0 aromatic heterocycles. The lowest BCUT2D eigenvalue weighted by Crippen LogP contribution is -2.20. The Hall–Kier alpha value is -1.30. The van der Waals surface area contributed by atoms with Gasteiger partial charge in [0.15, 0.2) is 7.37 Å². The second kappa shape index (κ2) is 11.9. The molecule has 1 aliphatic rings. The van der Waals surface area contributed by atoms with Gasteiger partial charge in [-0.3, -0.25) is 4.57 Å². The molecule has 2 rings (SSSR count). The van der Waals surface area contributed by atoms with Crippen LogP contribution < -0.4 is 0 Å². The van der Waals surface area contributed by atoms with E-state index in [1.54, 1.807) is 30.4 Å². The lowest BCUT2D eigenvalue weighted by molar-refractivity contribution is 0.120. The second-order valence-electron chi connectivity index (χ2n) is 8.32. The molecule has 0 radical (unpaired) electrons. The molecule has 1 aromatic rings. The van der Waals surface area contributed by atoms with Crippen LogP contribution in [0.3, 0.4) is 0 Å². The molecular formula is C23H34FO5P. The number of aliphatic hydroxyl groups excluding tert-OH is 3. The molecule has 6 unspecified atom stereocenters. The molecule has 1 aliphatic carbocycles. The number of unbranched alkanes of at least 4 members (excludes halogenated alkanes) is 1. The van der Waals surface area contributed by atoms with Crippen molar-refractivity contribution in [2.45, 2.75) is 56.8 Å². The summed E-state index contributed by atoms with van der Waals surface area (Å²) in [5.41, 5.74) is 0.560. The zero-order valence-electron chi connectivity index (χ0n) is 17.5. The molecule has 0 saturated heterocycles. The third-order valence-electron chi connectivity index (χ3n) is 5.66. The third-order valence-corrected chi connectivity index (χ3v) is 6.80. The van der Waals surface area contributed by atoms with Crippen molar-refractivity contribution in [3.8, 4) is 0 Å². The minimum atomic E-state index is -2.97. The predicted molar refractivity (Wildman–Crippen MR) is 117 cm³/mol. The SMILES string of the molecule is CP(=O)(O)CCC/C=C\CC1C(O)CC(O)C1/C=C/C(O)CCc1ccccc1F. The molecule has 1 saturated carbocycles. The van der Waals surface area contributed by atoms with Gasteiger partial charge in [-0.1, -0.05) is 42.5 Å². The summed E-state index contributed by atoms with van der Waals surface area (Å²) in [6, 6.07) is 6.49. The van der Waals surface area contributed by atoms with Gasteiger partial charge in [-0.2, -0.15) is 0 Å². The molecule has 0 spiro atoms. The molecule has 1 fully saturated rings. The van der Waals surface area contributed by atoms with E-state index in [0.29, 0.717) is 44.1 Å². The van der Waals surface area contributed by atoms with Crippen molar-refractivity contribution in [2.24, 2.45) is 11.8 Å². The maximum atomic E-state index is 13.7. The highest BCUT2D eigenvalue weighted by molar-refractivity contribution is 7.57. The van der Waals surface area contributed by atoms with E-state index >= 15 is 0 Å². The van der Waals surface area contributed by atoms with Crippen molar-refractivity contribution in [2.75, 3.05) is 12.8 Å². The molecule has 0 amide bonds. The van der Waals surface area contributed by atoms with Crippen LogP contribution in [-0.4, -0.2) is 51.4 Å². The van der Waals surface area contributed by atoms with Crippen LogP contribution in [0.5, 0.6) is 0 Å². The molecule has 30 heavy (non-hydrogen) atoms. The van der Waals surface area contributed by atoms with Crippen LogP contribution in [-0.2, 0) is 11.0 Å². The van der Waals surface area contributed by atoms with Crippen molar-refractivity contribution in [1.29, 1.82) is 0 Å². The lowest BCUT2D eigenvalue weighted by Gasteiger charge is -2.19. The van der Waals surface area contributed by atoms with Gasteiger partial charge in [-0.25, -0.2) is 4.39 Å². The molecular weight excluding hydrogens is 406 g/mol. The summed E-state index contributed by atoms with van der Waals surface area (Å²) in [5, 5.41) is 30.8. The van der Waals surface area contributed by atoms with E-state index < -0.39 is 25.7 Å². The van der Waals surface area contributed by atoms with E-state index in [1.165, 1.54) is 12.7 Å². The summed E-state index contributed by atoms with van der Waals surface area (Å²) in [6.07, 6.45) is 8.52. The van der Waals surface area contributed by atoms with Gasteiger partial charge in [-0.15, -0.1) is 0 Å². The predicted octanol–water partition coefficient (Wildman–Crippen LogP) is 3.66. The topological polar surface area (TPSA) is 98.0 Å². The van der Waals surface area contributed by atoms with Gasteiger partial charge < -0.3 is 20.2 Å². The van der Waals surface area contributed by atoms with Crippen LogP contribution in [0, 0.1) is 17.7 Å². The summed E-state index contributed by atoms with van der Waals surface area (Å²) in [4.78, 5) is 9.29. The molecule has 1 aromatic carbocycles. The summed E-state index contributed by atoms with van der Waals surface area (Å²) in [6.45, 7) is 1.36. The van der Waals surface area contributed by atoms with Gasteiger partial charge in [-0.05, 0) is 49.7 Å². The summed E-state index contributed by atoms with van der Waals surface area (Å²) >= 11 is 0. The van der Waals surface area contributed by atoms with Crippen LogP contribution in [0.1, 0.15) is 37.7 Å². The highest BCUT2D eigenvalue weighted by Crippen LogP contribution is 2.37. The third kappa shape index (κ3) is 8.44. The normalized spacial score (nSPS) is 27.7. The first-order valence-electron chi connectivity index (χ1n) is 10.6. The van der Waals surface area contributed by atoms with E-state index in [4.69, 9.17) is 0 Å². The van der Waals surface area contributed by atoms with Crippen LogP contribution >= 0.6 is 7.37 Å². The standard InChI is InChI=1S/C23H34FO5P/c1-30(28,29)15-7-3-2-4-9-19-20(23(27)16-22(19)26)14-13-18(25)12-11-17-8-5-6-10-21(17)24/h2,4-6,8,10,13-14,18-20,22-23,25-27H,3,7,9,11-12,15-16H2,1H3,(H,28,29)/b4-2-,14-13+. The van der Waals surface area contributed by atoms with Crippen LogP contribution in [0.4, 0.5) is 4.39 Å². The van der Waals surface area contributed by atoms with Gasteiger partial charge >= 0.3 is 0 Å². The fourth-order valence-corrected chi connectivity index (χ4v) is 4.71. The summed E-state index contributed by atoms with van der Waals surface area (Å²) < 4.78 is 25.0. The Balaban J connectivity index is 1.84. The van der Waals surface area contributed by atoms with Crippen molar-refractivity contribution < 1.29 is 29.2 Å². The lowest BCUT2D eigenvalue weighted by atomic mass is 9.89. The van der Waals surface area contributed by atoms with Crippen LogP contribution in [0.15, 0.2) is 48.6 Å². The van der Waals surface area contributed by atoms with Gasteiger partial charge in [0.1, 0.15) is 5.82 Å². The number of hydrogen-bond acceptors (Lipinski definition) is 4. The average Bonchev–Trinajstić information content (AvgIpc) is 2.94. The number of aliphatic hydroxyl groups is 3. The highest BCUT2D eigenvalue weighted by atomic mass is 31.2. The van der Waals surface area contributed by atoms with Gasteiger partial charge in [0.25, 0.3) is 0 Å². The van der Waals surface area contributed by atoms with Crippen LogP contribution in [0.2, 0.25) is 0 Å². The first-order chi connectivity index (χ1) is 14.2. The highest BCUT2D eigenvalue weighted by Gasteiger charge is 2.39. The number of rotatable bonds is 11. The molecule has 7 heteroatoms. The molecule has 0 aliphatic heterocycles. The zero-order valence-corrected chi connectivity index (χ0v) is 18.4. The fraction of sp³-hybridized carbons (Fsp3) is 0.565. The van der Waals surface area contributed by atoms with Crippen molar-refractivity contribution in [1.82, 2.24) is 0 Å². The molecule has 0 heterocycles. The first-order valence-corrected chi connectivity index (χ1v) is 12.9. The minimum Gasteiger partial charge on any atom is -0.393 e. The summed E-state index contributed by atoms with van der Waals surface area (Å²) in [7, 11) is -2.97. The minimum absolute atomic E-state index is 0.151. The summed E-state index contributed by atoms with van der Waals surface area (Å²) in [5.74, 6) is -0.696. The largest absolute Gasteiger partial charge is 0.393 e. The van der Waals surface area contributed by atoms with Crippen molar-refractivity contribution in [3.05, 3.63) is 60.0 Å². The van der Waals surface area contributed by atoms with E-state index in [1.807, 2.05) is 12.2 Å². The maximum absolute atomic E-state index is 13.7. The Kier molecular flexibility index (Phi) is 9.92. The number of benzene rings is 1. The fourth-order valence-electron chi connectivity index (χ4n) is 3.94. The number of allylic oxidation sites excluding steroid dienone is 2. The Morgan fingerprint density at radius 3 is 2.67 bits per heavy atom. The van der Waals surface area contributed by atoms with Crippen LogP contribution in [0.25, 0.3) is 0 Å². The van der Waals surface area contributed by atoms with E-state index in [9.17, 15) is 29.2 Å². The Morgan fingerprint density at radius 2 is 1.97 bits per heavy atom. The Morgan fingerprint density at radius 1 is 1.23 bits per heavy atom. The number of aryl methyl sites for hydroxylation is 1. The molecule has 0 bridgehead atoms. The Bertz CT molecular complexity index is 760. The average molecular weight is 440 g/mol. The monoisotopic (exact) mass is 440 g/mol. The number of hydrogen-bond donors (Lipinski definition) is 4. The van der Waals surface area contributed by atoms with Gasteiger partial charge in [0, 0.05) is 25.2 Å².